The quantitative estimate of drug-likeness (QED) is 0.784. The molecular weight excluding hydrogens is 230 g/mol. The Kier molecular flexibility index (Phi) is 2.67. The van der Waals surface area contributed by atoms with Crippen LogP contribution < -0.4 is 5.32 Å². The molecule has 2 rings (SSSR count). The van der Waals surface area contributed by atoms with E-state index in [2.05, 4.69) is 33.4 Å². The number of rotatable bonds is 1. The fraction of sp³-hybridized carbons (Fsp3) is 0.400. The lowest BCUT2D eigenvalue weighted by molar-refractivity contribution is 0.240. The van der Waals surface area contributed by atoms with Gasteiger partial charge in [0.2, 0.25) is 0 Å². The van der Waals surface area contributed by atoms with Crippen molar-refractivity contribution < 1.29 is 5.11 Å². The van der Waals surface area contributed by atoms with Crippen LogP contribution >= 0.6 is 15.9 Å². The minimum Gasteiger partial charge on any atom is -0.394 e. The molecule has 1 aromatic rings. The fourth-order valence-electron chi connectivity index (χ4n) is 1.81. The van der Waals surface area contributed by atoms with Gasteiger partial charge < -0.3 is 10.4 Å². The number of nitrogens with one attached hydrogen (secondary N) is 1. The van der Waals surface area contributed by atoms with Crippen molar-refractivity contribution in [3.05, 3.63) is 33.8 Å². The number of benzene rings is 1. The van der Waals surface area contributed by atoms with Gasteiger partial charge in [-0.2, -0.15) is 0 Å². The van der Waals surface area contributed by atoms with Crippen LogP contribution in [0.4, 0.5) is 0 Å². The molecule has 0 spiro atoms. The maximum absolute atomic E-state index is 9.15. The minimum absolute atomic E-state index is 0.112. The summed E-state index contributed by atoms with van der Waals surface area (Å²) in [6, 6.07) is 6.26. The third-order valence-electron chi connectivity index (χ3n) is 2.48. The molecule has 70 valence electrons. The Bertz CT molecular complexity index is 314. The Hall–Kier alpha value is -0.380. The summed E-state index contributed by atoms with van der Waals surface area (Å²) < 4.78 is 1.16. The standard InChI is InChI=1S/C10H12BrNO/c11-9-3-1-2-8-7(9)4-5-12-10(8)6-13/h1-3,10,12-13H,4-6H2/t10-/m1/s1. The molecule has 1 aromatic carbocycles. The van der Waals surface area contributed by atoms with Crippen molar-refractivity contribution in [3.63, 3.8) is 0 Å². The number of halogens is 1. The molecule has 0 fully saturated rings. The Morgan fingerprint density at radius 2 is 2.38 bits per heavy atom. The summed E-state index contributed by atoms with van der Waals surface area (Å²) in [5.74, 6) is 0. The van der Waals surface area contributed by atoms with Gasteiger partial charge in [0.05, 0.1) is 12.6 Å². The molecule has 0 bridgehead atoms. The van der Waals surface area contributed by atoms with Crippen LogP contribution in [0.15, 0.2) is 22.7 Å². The lowest BCUT2D eigenvalue weighted by Crippen LogP contribution is -2.32. The molecule has 0 amide bonds. The van der Waals surface area contributed by atoms with Crippen molar-refractivity contribution in [3.8, 4) is 0 Å². The zero-order valence-electron chi connectivity index (χ0n) is 7.26. The maximum Gasteiger partial charge on any atom is 0.0626 e. The van der Waals surface area contributed by atoms with Crippen molar-refractivity contribution in [2.75, 3.05) is 13.2 Å². The Morgan fingerprint density at radius 1 is 1.54 bits per heavy atom. The average Bonchev–Trinajstić information content (AvgIpc) is 2.18. The average molecular weight is 242 g/mol. The summed E-state index contributed by atoms with van der Waals surface area (Å²) >= 11 is 3.53. The highest BCUT2D eigenvalue weighted by molar-refractivity contribution is 9.10. The molecule has 1 aliphatic rings. The summed E-state index contributed by atoms with van der Waals surface area (Å²) in [5.41, 5.74) is 2.56. The van der Waals surface area contributed by atoms with Crippen molar-refractivity contribution in [1.82, 2.24) is 5.32 Å². The van der Waals surface area contributed by atoms with Crippen LogP contribution in [0.25, 0.3) is 0 Å². The first-order chi connectivity index (χ1) is 6.33. The zero-order valence-corrected chi connectivity index (χ0v) is 8.84. The van der Waals surface area contributed by atoms with Gasteiger partial charge in [0.25, 0.3) is 0 Å². The summed E-state index contributed by atoms with van der Waals surface area (Å²) in [6.45, 7) is 1.12. The smallest absolute Gasteiger partial charge is 0.0626 e. The molecule has 0 aromatic heterocycles. The van der Waals surface area contributed by atoms with Gasteiger partial charge in [-0.1, -0.05) is 28.1 Å². The summed E-state index contributed by atoms with van der Waals surface area (Å²) in [5, 5.41) is 12.4. The topological polar surface area (TPSA) is 32.3 Å². The van der Waals surface area contributed by atoms with Gasteiger partial charge in [-0.05, 0) is 30.2 Å². The van der Waals surface area contributed by atoms with E-state index < -0.39 is 0 Å². The molecule has 0 aliphatic carbocycles. The fourth-order valence-corrected chi connectivity index (χ4v) is 2.39. The molecule has 1 atom stereocenters. The van der Waals surface area contributed by atoms with E-state index in [0.717, 1.165) is 17.4 Å². The second kappa shape index (κ2) is 3.78. The van der Waals surface area contributed by atoms with Crippen LogP contribution in [-0.2, 0) is 6.42 Å². The highest BCUT2D eigenvalue weighted by Gasteiger charge is 2.19. The molecule has 2 N–H and O–H groups in total. The first-order valence-corrected chi connectivity index (χ1v) is 5.23. The minimum atomic E-state index is 0.112. The molecule has 0 saturated heterocycles. The van der Waals surface area contributed by atoms with Gasteiger partial charge in [0, 0.05) is 4.47 Å². The largest absolute Gasteiger partial charge is 0.394 e. The molecule has 3 heteroatoms. The Morgan fingerprint density at radius 3 is 3.15 bits per heavy atom. The molecule has 0 saturated carbocycles. The van der Waals surface area contributed by atoms with Crippen molar-refractivity contribution in [1.29, 1.82) is 0 Å². The SMILES string of the molecule is OC[C@H]1NCCc2c(Br)cccc21. The number of hydrogen-bond donors (Lipinski definition) is 2. The lowest BCUT2D eigenvalue weighted by Gasteiger charge is -2.26. The summed E-state index contributed by atoms with van der Waals surface area (Å²) in [6.07, 6.45) is 1.03. The van der Waals surface area contributed by atoms with E-state index in [-0.39, 0.29) is 12.6 Å². The third-order valence-corrected chi connectivity index (χ3v) is 3.22. The number of hydrogen-bond acceptors (Lipinski definition) is 2. The Balaban J connectivity index is 2.45. The van der Waals surface area contributed by atoms with Crippen LogP contribution in [0.5, 0.6) is 0 Å². The number of fused-ring (bicyclic) bond motifs is 1. The van der Waals surface area contributed by atoms with Gasteiger partial charge in [-0.3, -0.25) is 0 Å². The first kappa shape index (κ1) is 9.19. The normalized spacial score (nSPS) is 21.2. The molecular formula is C10H12BrNO. The molecule has 0 unspecified atom stereocenters. The van der Waals surface area contributed by atoms with E-state index in [1.165, 1.54) is 11.1 Å². The van der Waals surface area contributed by atoms with Crippen LogP contribution in [0.3, 0.4) is 0 Å². The van der Waals surface area contributed by atoms with Crippen LogP contribution in [0.1, 0.15) is 17.2 Å². The molecule has 0 radical (unpaired) electrons. The van der Waals surface area contributed by atoms with E-state index in [9.17, 15) is 0 Å². The van der Waals surface area contributed by atoms with E-state index in [4.69, 9.17) is 5.11 Å². The van der Waals surface area contributed by atoms with Crippen LogP contribution in [0.2, 0.25) is 0 Å². The van der Waals surface area contributed by atoms with E-state index in [1.54, 1.807) is 0 Å². The van der Waals surface area contributed by atoms with Gasteiger partial charge in [-0.25, -0.2) is 0 Å². The molecule has 2 nitrogen and oxygen atoms in total. The molecule has 1 heterocycles. The lowest BCUT2D eigenvalue weighted by atomic mass is 9.95. The predicted octanol–water partition coefficient (Wildman–Crippen LogP) is 1.63. The highest BCUT2D eigenvalue weighted by atomic mass is 79.9. The monoisotopic (exact) mass is 241 g/mol. The summed E-state index contributed by atoms with van der Waals surface area (Å²) in [7, 11) is 0. The second-order valence-electron chi connectivity index (χ2n) is 3.25. The van der Waals surface area contributed by atoms with E-state index in [0.29, 0.717) is 0 Å². The van der Waals surface area contributed by atoms with Crippen molar-refractivity contribution >= 4 is 15.9 Å². The van der Waals surface area contributed by atoms with E-state index in [1.807, 2.05) is 6.07 Å². The van der Waals surface area contributed by atoms with Crippen LogP contribution in [-0.4, -0.2) is 18.3 Å². The van der Waals surface area contributed by atoms with Crippen molar-refractivity contribution in [2.24, 2.45) is 0 Å². The predicted molar refractivity (Wildman–Crippen MR) is 55.7 cm³/mol. The van der Waals surface area contributed by atoms with Gasteiger partial charge in [0.15, 0.2) is 0 Å². The highest BCUT2D eigenvalue weighted by Crippen LogP contribution is 2.28. The molecule has 13 heavy (non-hydrogen) atoms. The number of aliphatic hydroxyl groups excluding tert-OH is 1. The van der Waals surface area contributed by atoms with Crippen molar-refractivity contribution in [2.45, 2.75) is 12.5 Å². The number of aliphatic hydroxyl groups is 1. The summed E-state index contributed by atoms with van der Waals surface area (Å²) in [4.78, 5) is 0. The van der Waals surface area contributed by atoms with Gasteiger partial charge in [0.1, 0.15) is 0 Å². The maximum atomic E-state index is 9.15. The van der Waals surface area contributed by atoms with Gasteiger partial charge in [-0.15, -0.1) is 0 Å². The Labute approximate surface area is 86.1 Å². The first-order valence-electron chi connectivity index (χ1n) is 4.44. The third kappa shape index (κ3) is 1.64. The molecule has 1 aliphatic heterocycles. The zero-order chi connectivity index (χ0) is 9.26. The van der Waals surface area contributed by atoms with E-state index >= 15 is 0 Å². The second-order valence-corrected chi connectivity index (χ2v) is 4.10. The van der Waals surface area contributed by atoms with Gasteiger partial charge >= 0.3 is 0 Å². The van der Waals surface area contributed by atoms with Crippen LogP contribution in [0, 0.1) is 0 Å².